The van der Waals surface area contributed by atoms with Gasteiger partial charge in [-0.1, -0.05) is 13.8 Å². The average molecular weight is 295 g/mol. The number of nitrogens with zero attached hydrogens (tertiary/aromatic N) is 2. The third kappa shape index (κ3) is 3.04. The van der Waals surface area contributed by atoms with Crippen LogP contribution in [-0.2, 0) is 11.3 Å². The first kappa shape index (κ1) is 16.2. The summed E-state index contributed by atoms with van der Waals surface area (Å²) >= 11 is 0. The first-order chi connectivity index (χ1) is 10.1. The Morgan fingerprint density at radius 1 is 1.48 bits per heavy atom. The van der Waals surface area contributed by atoms with E-state index in [0.29, 0.717) is 25.4 Å². The molecule has 1 aromatic rings. The third-order valence-corrected chi connectivity index (χ3v) is 4.72. The molecule has 2 rings (SSSR count). The molecule has 2 heterocycles. The number of nitrogens with one attached hydrogen (secondary N) is 1. The van der Waals surface area contributed by atoms with Gasteiger partial charge in [-0.25, -0.2) is 4.98 Å². The van der Waals surface area contributed by atoms with E-state index in [-0.39, 0.29) is 11.6 Å². The van der Waals surface area contributed by atoms with Gasteiger partial charge in [-0.05, 0) is 38.4 Å². The SMILES string of the molecule is CCC1(CC)OCCN(c2cc(CNC)cnc2F)C1C. The highest BCUT2D eigenvalue weighted by Gasteiger charge is 2.41. The Hall–Kier alpha value is -1.20. The fourth-order valence-corrected chi connectivity index (χ4v) is 3.30. The minimum atomic E-state index is -0.398. The number of halogens is 1. The van der Waals surface area contributed by atoms with Crippen LogP contribution in [0.3, 0.4) is 0 Å². The molecule has 1 fully saturated rings. The van der Waals surface area contributed by atoms with E-state index in [2.05, 4.69) is 36.0 Å². The molecular weight excluding hydrogens is 269 g/mol. The molecule has 0 radical (unpaired) electrons. The number of pyridine rings is 1. The Balaban J connectivity index is 2.34. The Morgan fingerprint density at radius 3 is 2.81 bits per heavy atom. The summed E-state index contributed by atoms with van der Waals surface area (Å²) in [5.74, 6) is -0.398. The van der Waals surface area contributed by atoms with E-state index >= 15 is 0 Å². The topological polar surface area (TPSA) is 37.4 Å². The fourth-order valence-electron chi connectivity index (χ4n) is 3.30. The summed E-state index contributed by atoms with van der Waals surface area (Å²) in [6.45, 7) is 8.40. The summed E-state index contributed by atoms with van der Waals surface area (Å²) in [5.41, 5.74) is 1.37. The number of anilines is 1. The van der Waals surface area contributed by atoms with Crippen LogP contribution in [0.4, 0.5) is 10.1 Å². The second-order valence-corrected chi connectivity index (χ2v) is 5.67. The summed E-state index contributed by atoms with van der Waals surface area (Å²) in [7, 11) is 1.87. The summed E-state index contributed by atoms with van der Waals surface area (Å²) in [6, 6.07) is 2.03. The highest BCUT2D eigenvalue weighted by molar-refractivity contribution is 5.49. The van der Waals surface area contributed by atoms with E-state index < -0.39 is 5.95 Å². The molecule has 5 heteroatoms. The second kappa shape index (κ2) is 6.71. The zero-order valence-electron chi connectivity index (χ0n) is 13.4. The lowest BCUT2D eigenvalue weighted by Gasteiger charge is -2.49. The quantitative estimate of drug-likeness (QED) is 0.848. The van der Waals surface area contributed by atoms with Crippen molar-refractivity contribution in [2.75, 3.05) is 25.1 Å². The van der Waals surface area contributed by atoms with Crippen LogP contribution in [0.2, 0.25) is 0 Å². The van der Waals surface area contributed by atoms with Crippen molar-refractivity contribution in [3.63, 3.8) is 0 Å². The van der Waals surface area contributed by atoms with Crippen LogP contribution in [0.15, 0.2) is 12.3 Å². The standard InChI is InChI=1S/C16H26FN3O/c1-5-16(6-2)12(3)20(7-8-21-16)14-9-13(10-18-4)11-19-15(14)17/h9,11-12,18H,5-8,10H2,1-4H3. The van der Waals surface area contributed by atoms with Crippen molar-refractivity contribution in [3.05, 3.63) is 23.8 Å². The highest BCUT2D eigenvalue weighted by Crippen LogP contribution is 2.35. The minimum Gasteiger partial charge on any atom is -0.371 e. The Kier molecular flexibility index (Phi) is 5.17. The Labute approximate surface area is 126 Å². The summed E-state index contributed by atoms with van der Waals surface area (Å²) in [4.78, 5) is 6.03. The molecule has 1 N–H and O–H groups in total. The van der Waals surface area contributed by atoms with Crippen molar-refractivity contribution in [2.45, 2.75) is 51.8 Å². The maximum absolute atomic E-state index is 14.2. The monoisotopic (exact) mass is 295 g/mol. The number of hydrogen-bond acceptors (Lipinski definition) is 4. The Morgan fingerprint density at radius 2 is 2.19 bits per heavy atom. The first-order valence-electron chi connectivity index (χ1n) is 7.77. The van der Waals surface area contributed by atoms with Crippen molar-refractivity contribution in [2.24, 2.45) is 0 Å². The lowest BCUT2D eigenvalue weighted by Crippen LogP contribution is -2.58. The first-order valence-corrected chi connectivity index (χ1v) is 7.77. The van der Waals surface area contributed by atoms with Crippen LogP contribution >= 0.6 is 0 Å². The molecule has 0 aromatic carbocycles. The molecule has 1 saturated heterocycles. The van der Waals surface area contributed by atoms with Crippen molar-refractivity contribution in [1.29, 1.82) is 0 Å². The van der Waals surface area contributed by atoms with Crippen molar-refractivity contribution >= 4 is 5.69 Å². The fraction of sp³-hybridized carbons (Fsp3) is 0.688. The molecule has 0 spiro atoms. The molecule has 0 aliphatic carbocycles. The maximum atomic E-state index is 14.2. The molecule has 4 nitrogen and oxygen atoms in total. The van der Waals surface area contributed by atoms with Crippen molar-refractivity contribution < 1.29 is 9.13 Å². The molecule has 1 aliphatic heterocycles. The van der Waals surface area contributed by atoms with Crippen LogP contribution in [0, 0.1) is 5.95 Å². The summed E-state index contributed by atoms with van der Waals surface area (Å²) in [6.07, 6.45) is 3.44. The normalized spacial score (nSPS) is 21.6. The smallest absolute Gasteiger partial charge is 0.236 e. The molecule has 0 saturated carbocycles. The molecule has 1 unspecified atom stereocenters. The van der Waals surface area contributed by atoms with Gasteiger partial charge in [0.05, 0.1) is 23.9 Å². The van der Waals surface area contributed by atoms with Gasteiger partial charge in [-0.3, -0.25) is 0 Å². The number of aromatic nitrogens is 1. The summed E-state index contributed by atoms with van der Waals surface area (Å²) < 4.78 is 20.3. The van der Waals surface area contributed by atoms with Gasteiger partial charge in [0.15, 0.2) is 0 Å². The number of rotatable bonds is 5. The van der Waals surface area contributed by atoms with Crippen LogP contribution < -0.4 is 10.2 Å². The van der Waals surface area contributed by atoms with Gasteiger partial charge in [0.2, 0.25) is 5.95 Å². The van der Waals surface area contributed by atoms with E-state index in [1.54, 1.807) is 6.20 Å². The van der Waals surface area contributed by atoms with E-state index in [1.807, 2.05) is 13.1 Å². The van der Waals surface area contributed by atoms with Gasteiger partial charge >= 0.3 is 0 Å². The predicted molar refractivity (Wildman–Crippen MR) is 83.0 cm³/mol. The largest absolute Gasteiger partial charge is 0.371 e. The van der Waals surface area contributed by atoms with Gasteiger partial charge < -0.3 is 15.0 Å². The summed E-state index contributed by atoms with van der Waals surface area (Å²) in [5, 5.41) is 3.08. The zero-order valence-corrected chi connectivity index (χ0v) is 13.4. The maximum Gasteiger partial charge on any atom is 0.236 e. The highest BCUT2D eigenvalue weighted by atomic mass is 19.1. The number of hydrogen-bond donors (Lipinski definition) is 1. The van der Waals surface area contributed by atoms with Gasteiger partial charge in [0.1, 0.15) is 0 Å². The molecule has 118 valence electrons. The molecule has 0 amide bonds. The van der Waals surface area contributed by atoms with Crippen molar-refractivity contribution in [1.82, 2.24) is 10.3 Å². The lowest BCUT2D eigenvalue weighted by molar-refractivity contribution is -0.0851. The van der Waals surface area contributed by atoms with Gasteiger partial charge in [0.25, 0.3) is 0 Å². The molecular formula is C16H26FN3O. The molecule has 0 bridgehead atoms. The Bertz CT molecular complexity index is 477. The second-order valence-electron chi connectivity index (χ2n) is 5.67. The van der Waals surface area contributed by atoms with Crippen LogP contribution in [-0.4, -0.2) is 36.8 Å². The van der Waals surface area contributed by atoms with Crippen LogP contribution in [0.25, 0.3) is 0 Å². The van der Waals surface area contributed by atoms with E-state index in [4.69, 9.17) is 4.74 Å². The number of ether oxygens (including phenoxy) is 1. The third-order valence-electron chi connectivity index (χ3n) is 4.72. The molecule has 1 atom stereocenters. The van der Waals surface area contributed by atoms with Gasteiger partial charge in [-0.2, -0.15) is 4.39 Å². The lowest BCUT2D eigenvalue weighted by atomic mass is 9.86. The molecule has 1 aliphatic rings. The minimum absolute atomic E-state index is 0.127. The molecule has 21 heavy (non-hydrogen) atoms. The van der Waals surface area contributed by atoms with Crippen molar-refractivity contribution in [3.8, 4) is 0 Å². The number of morpholine rings is 1. The predicted octanol–water partition coefficient (Wildman–Crippen LogP) is 2.72. The van der Waals surface area contributed by atoms with E-state index in [9.17, 15) is 4.39 Å². The van der Waals surface area contributed by atoms with Crippen LogP contribution in [0.1, 0.15) is 39.2 Å². The average Bonchev–Trinajstić information content (AvgIpc) is 2.50. The van der Waals surface area contributed by atoms with Crippen LogP contribution in [0.5, 0.6) is 0 Å². The van der Waals surface area contributed by atoms with Gasteiger partial charge in [-0.15, -0.1) is 0 Å². The van der Waals surface area contributed by atoms with E-state index in [1.165, 1.54) is 0 Å². The van der Waals surface area contributed by atoms with Gasteiger partial charge in [0, 0.05) is 19.3 Å². The molecule has 1 aromatic heterocycles. The van der Waals surface area contributed by atoms with E-state index in [0.717, 1.165) is 18.4 Å². The zero-order chi connectivity index (χ0) is 15.5.